The lowest BCUT2D eigenvalue weighted by Crippen LogP contribution is -2.21. The Kier molecular flexibility index (Phi) is 7.32. The number of methoxy groups -OCH3 is 1. The van der Waals surface area contributed by atoms with Gasteiger partial charge in [0.15, 0.2) is 0 Å². The highest BCUT2D eigenvalue weighted by atomic mass is 16.6. The molecule has 1 atom stereocenters. The monoisotopic (exact) mass is 214 g/mol. The smallest absolute Gasteiger partial charge is 0.309 e. The molecule has 0 fully saturated rings. The summed E-state index contributed by atoms with van der Waals surface area (Å²) in [5.41, 5.74) is 0. The number of carbonyl (C=O) groups excluding carboxylic acids is 2. The number of rotatable bonds is 7. The van der Waals surface area contributed by atoms with E-state index in [1.807, 2.05) is 0 Å². The summed E-state index contributed by atoms with van der Waals surface area (Å²) in [6.07, 6.45) is 3.88. The second-order valence-electron chi connectivity index (χ2n) is 3.23. The van der Waals surface area contributed by atoms with Gasteiger partial charge in [-0.3, -0.25) is 9.59 Å². The van der Waals surface area contributed by atoms with Gasteiger partial charge in [0.1, 0.15) is 6.10 Å². The molecule has 0 aromatic heterocycles. The van der Waals surface area contributed by atoms with Gasteiger partial charge in [-0.25, -0.2) is 0 Å². The Morgan fingerprint density at radius 1 is 1.47 bits per heavy atom. The molecule has 0 bridgehead atoms. The third-order valence-corrected chi connectivity index (χ3v) is 1.89. The Morgan fingerprint density at radius 3 is 2.60 bits per heavy atom. The number of ether oxygens (including phenoxy) is 2. The quantitative estimate of drug-likeness (QED) is 0.368. The molecule has 0 aromatic carbocycles. The van der Waals surface area contributed by atoms with Gasteiger partial charge in [0.2, 0.25) is 0 Å². The van der Waals surface area contributed by atoms with Gasteiger partial charge in [-0.05, 0) is 19.3 Å². The molecule has 0 aliphatic rings. The zero-order valence-electron chi connectivity index (χ0n) is 9.32. The highest BCUT2D eigenvalue weighted by Gasteiger charge is 2.16. The van der Waals surface area contributed by atoms with E-state index in [2.05, 4.69) is 11.3 Å². The third kappa shape index (κ3) is 7.73. The molecule has 15 heavy (non-hydrogen) atoms. The van der Waals surface area contributed by atoms with E-state index in [1.165, 1.54) is 14.0 Å². The molecule has 0 spiro atoms. The zero-order valence-corrected chi connectivity index (χ0v) is 9.32. The molecular weight excluding hydrogens is 196 g/mol. The second-order valence-corrected chi connectivity index (χ2v) is 3.23. The largest absolute Gasteiger partial charge is 0.469 e. The summed E-state index contributed by atoms with van der Waals surface area (Å²) in [5.74, 6) is -0.734. The van der Waals surface area contributed by atoms with Crippen molar-refractivity contribution in [3.63, 3.8) is 0 Å². The van der Waals surface area contributed by atoms with E-state index in [0.29, 0.717) is 6.42 Å². The van der Waals surface area contributed by atoms with Gasteiger partial charge in [0, 0.05) is 6.92 Å². The van der Waals surface area contributed by atoms with Crippen molar-refractivity contribution < 1.29 is 19.1 Å². The van der Waals surface area contributed by atoms with E-state index < -0.39 is 0 Å². The molecule has 0 saturated carbocycles. The number of esters is 2. The van der Waals surface area contributed by atoms with Crippen LogP contribution in [-0.4, -0.2) is 25.2 Å². The van der Waals surface area contributed by atoms with E-state index >= 15 is 0 Å². The summed E-state index contributed by atoms with van der Waals surface area (Å²) < 4.78 is 9.51. The van der Waals surface area contributed by atoms with Crippen LogP contribution in [-0.2, 0) is 19.1 Å². The van der Waals surface area contributed by atoms with Crippen molar-refractivity contribution in [2.75, 3.05) is 7.11 Å². The first-order valence-corrected chi connectivity index (χ1v) is 4.95. The Hall–Kier alpha value is -1.32. The standard InChI is InChI=1S/C11H18O4/c1-4-5-6-7-10(15-9(2)12)8-11(13)14-3/h4,10H,1,5-8H2,2-3H3. The van der Waals surface area contributed by atoms with Crippen LogP contribution in [0.5, 0.6) is 0 Å². The normalized spacial score (nSPS) is 11.6. The average molecular weight is 214 g/mol. The second kappa shape index (κ2) is 8.03. The van der Waals surface area contributed by atoms with Crippen molar-refractivity contribution in [1.29, 1.82) is 0 Å². The molecule has 1 unspecified atom stereocenters. The van der Waals surface area contributed by atoms with E-state index in [1.54, 1.807) is 6.08 Å². The summed E-state index contributed by atoms with van der Waals surface area (Å²) in [5, 5.41) is 0. The van der Waals surface area contributed by atoms with Gasteiger partial charge in [-0.15, -0.1) is 6.58 Å². The van der Waals surface area contributed by atoms with Gasteiger partial charge in [-0.2, -0.15) is 0 Å². The Morgan fingerprint density at radius 2 is 2.13 bits per heavy atom. The minimum absolute atomic E-state index is 0.118. The highest BCUT2D eigenvalue weighted by Crippen LogP contribution is 2.10. The maximum absolute atomic E-state index is 11.0. The van der Waals surface area contributed by atoms with Crippen LogP contribution in [0, 0.1) is 0 Å². The molecule has 0 rings (SSSR count). The zero-order chi connectivity index (χ0) is 11.7. The number of unbranched alkanes of at least 4 members (excludes halogenated alkanes) is 1. The molecule has 0 heterocycles. The Balaban J connectivity index is 3.99. The van der Waals surface area contributed by atoms with E-state index in [0.717, 1.165) is 12.8 Å². The minimum Gasteiger partial charge on any atom is -0.469 e. The van der Waals surface area contributed by atoms with Crippen molar-refractivity contribution in [2.45, 2.75) is 38.7 Å². The van der Waals surface area contributed by atoms with Crippen molar-refractivity contribution in [3.05, 3.63) is 12.7 Å². The first-order chi connectivity index (χ1) is 7.10. The Bertz CT molecular complexity index is 223. The van der Waals surface area contributed by atoms with Crippen LogP contribution in [0.25, 0.3) is 0 Å². The fourth-order valence-corrected chi connectivity index (χ4v) is 1.20. The van der Waals surface area contributed by atoms with Crippen LogP contribution in [0.1, 0.15) is 32.6 Å². The molecule has 4 nitrogen and oxygen atoms in total. The molecule has 0 aliphatic carbocycles. The average Bonchev–Trinajstić information content (AvgIpc) is 2.17. The summed E-state index contributed by atoms with van der Waals surface area (Å²) in [7, 11) is 1.32. The van der Waals surface area contributed by atoms with E-state index in [-0.39, 0.29) is 24.5 Å². The number of hydrogen-bond acceptors (Lipinski definition) is 4. The molecule has 0 aromatic rings. The molecule has 0 radical (unpaired) electrons. The van der Waals surface area contributed by atoms with Crippen molar-refractivity contribution in [1.82, 2.24) is 0 Å². The van der Waals surface area contributed by atoms with E-state index in [9.17, 15) is 9.59 Å². The maximum Gasteiger partial charge on any atom is 0.309 e. The Labute approximate surface area is 90.2 Å². The summed E-state index contributed by atoms with van der Waals surface area (Å²) in [4.78, 5) is 21.8. The fourth-order valence-electron chi connectivity index (χ4n) is 1.20. The molecule has 86 valence electrons. The van der Waals surface area contributed by atoms with Crippen molar-refractivity contribution in [2.24, 2.45) is 0 Å². The van der Waals surface area contributed by atoms with Gasteiger partial charge in [0.25, 0.3) is 0 Å². The molecule has 0 aliphatic heterocycles. The van der Waals surface area contributed by atoms with Crippen LogP contribution in [0.3, 0.4) is 0 Å². The first kappa shape index (κ1) is 13.7. The van der Waals surface area contributed by atoms with Gasteiger partial charge in [0.05, 0.1) is 13.5 Å². The minimum atomic E-state index is -0.380. The number of hydrogen-bond donors (Lipinski definition) is 0. The summed E-state index contributed by atoms with van der Waals surface area (Å²) in [6.45, 7) is 4.93. The fraction of sp³-hybridized carbons (Fsp3) is 0.636. The predicted octanol–water partition coefficient (Wildman–Crippen LogP) is 1.84. The van der Waals surface area contributed by atoms with Crippen molar-refractivity contribution >= 4 is 11.9 Å². The molecule has 0 amide bonds. The lowest BCUT2D eigenvalue weighted by atomic mass is 10.1. The summed E-state index contributed by atoms with van der Waals surface area (Å²) >= 11 is 0. The SMILES string of the molecule is C=CCCCC(CC(=O)OC)OC(C)=O. The van der Waals surface area contributed by atoms with Crippen LogP contribution in [0.15, 0.2) is 12.7 Å². The van der Waals surface area contributed by atoms with Crippen LogP contribution < -0.4 is 0 Å². The topological polar surface area (TPSA) is 52.6 Å². The van der Waals surface area contributed by atoms with Crippen molar-refractivity contribution in [3.8, 4) is 0 Å². The van der Waals surface area contributed by atoms with Crippen LogP contribution in [0.4, 0.5) is 0 Å². The van der Waals surface area contributed by atoms with Gasteiger partial charge >= 0.3 is 11.9 Å². The molecular formula is C11H18O4. The van der Waals surface area contributed by atoms with Gasteiger partial charge in [-0.1, -0.05) is 6.08 Å². The highest BCUT2D eigenvalue weighted by molar-refractivity contribution is 5.71. The van der Waals surface area contributed by atoms with Crippen LogP contribution in [0.2, 0.25) is 0 Å². The molecule has 4 heteroatoms. The lowest BCUT2D eigenvalue weighted by molar-refractivity contribution is -0.152. The third-order valence-electron chi connectivity index (χ3n) is 1.89. The number of allylic oxidation sites excluding steroid dienone is 1. The molecule has 0 saturated heterocycles. The lowest BCUT2D eigenvalue weighted by Gasteiger charge is -2.15. The maximum atomic E-state index is 11.0. The summed E-state index contributed by atoms with van der Waals surface area (Å²) in [6, 6.07) is 0. The number of carbonyl (C=O) groups is 2. The first-order valence-electron chi connectivity index (χ1n) is 4.95. The van der Waals surface area contributed by atoms with Crippen LogP contribution >= 0.6 is 0 Å². The van der Waals surface area contributed by atoms with Gasteiger partial charge < -0.3 is 9.47 Å². The molecule has 0 N–H and O–H groups in total. The predicted molar refractivity (Wildman–Crippen MR) is 56.2 cm³/mol. The van der Waals surface area contributed by atoms with E-state index in [4.69, 9.17) is 4.74 Å².